The van der Waals surface area contributed by atoms with Crippen LogP contribution in [0.15, 0.2) is 38.1 Å². The smallest absolute Gasteiger partial charge is 0.257 e. The Hall–Kier alpha value is -7.54. The molecule has 26 nitrogen and oxygen atoms in total. The van der Waals surface area contributed by atoms with Crippen molar-refractivity contribution in [2.24, 2.45) is 72.9 Å². The van der Waals surface area contributed by atoms with Crippen molar-refractivity contribution in [3.63, 3.8) is 0 Å². The van der Waals surface area contributed by atoms with Gasteiger partial charge in [0.25, 0.3) is 5.91 Å². The maximum atomic E-state index is 14.9. The molecule has 83 heavy (non-hydrogen) atoms. The predicted octanol–water partition coefficient (Wildman–Crippen LogP) is 0.805. The molecule has 3 fully saturated rings. The highest BCUT2D eigenvalue weighted by atomic mass is 16.2. The number of primary amides is 1. The first-order chi connectivity index (χ1) is 39.7. The van der Waals surface area contributed by atoms with Crippen LogP contribution in [0.25, 0.3) is 11.0 Å². The standard InChI is InChI=1S/C57H94N18O8/c1-3-75-33-39(46(76)38-26-25-34(2)68-48(38)75)49(78)69-40(22-13-27-65-55(59)60)51(80)73-44(31-36-18-9-5-10-19-36)54(83)71-42(24-15-29-67-57(63)64)52(81)74-45(32-37-20-11-6-12-21-37)53(82)70-41(23-14-28-66-56(61)62)50(79)72-43(47(58)77)30-35-16-7-4-8-17-35/h25-26,33,35-37,40-45H,3-24,27-32H2,1-2H3,(H2,58,77)(H,69,78)(H,70,82)(H,71,83)(H,72,79)(H,73,80)(H,74,81)(H4,59,60,65)(H4,61,62,66)(H4,63,64,67)/t40-,41-,42-,43+,44+,45+/m1/s1. The van der Waals surface area contributed by atoms with Crippen LogP contribution in [-0.2, 0) is 35.3 Å². The van der Waals surface area contributed by atoms with Gasteiger partial charge in [-0.15, -0.1) is 0 Å². The second-order valence-corrected chi connectivity index (χ2v) is 22.8. The molecule has 3 saturated carbocycles. The number of carbonyl (C=O) groups is 7. The number of aliphatic imine (C=N–C) groups is 3. The van der Waals surface area contributed by atoms with Gasteiger partial charge in [-0.05, 0) is 102 Å². The number of nitrogens with zero attached hydrogens (tertiary/aromatic N) is 5. The molecule has 0 aromatic carbocycles. The number of aromatic nitrogens is 2. The summed E-state index contributed by atoms with van der Waals surface area (Å²) in [7, 11) is 0. The van der Waals surface area contributed by atoms with Crippen LogP contribution in [-0.4, -0.2) is 125 Å². The topological polar surface area (TPSA) is 446 Å². The van der Waals surface area contributed by atoms with Gasteiger partial charge >= 0.3 is 0 Å². The minimum absolute atomic E-state index is 0.00114. The first-order valence-electron chi connectivity index (χ1n) is 30.0. The third kappa shape index (κ3) is 22.3. The van der Waals surface area contributed by atoms with Crippen molar-refractivity contribution in [2.75, 3.05) is 19.6 Å². The number of hydrogen-bond acceptors (Lipinski definition) is 12. The van der Waals surface area contributed by atoms with E-state index in [1.807, 2.05) is 6.92 Å². The molecular formula is C57H94N18O8. The van der Waals surface area contributed by atoms with Crippen molar-refractivity contribution in [3.8, 4) is 0 Å². The first-order valence-corrected chi connectivity index (χ1v) is 30.0. The highest BCUT2D eigenvalue weighted by molar-refractivity contribution is 6.01. The van der Waals surface area contributed by atoms with E-state index in [0.717, 1.165) is 96.3 Å². The Bertz CT molecular complexity index is 2650. The van der Waals surface area contributed by atoms with E-state index in [1.165, 1.54) is 6.20 Å². The average molecular weight is 1160 g/mol. The minimum Gasteiger partial charge on any atom is -0.370 e. The van der Waals surface area contributed by atoms with Crippen molar-refractivity contribution in [1.82, 2.24) is 41.5 Å². The number of fused-ring (bicyclic) bond motifs is 1. The van der Waals surface area contributed by atoms with Gasteiger partial charge in [-0.25, -0.2) is 4.98 Å². The summed E-state index contributed by atoms with van der Waals surface area (Å²) in [6.45, 7) is 4.38. The Balaban J connectivity index is 1.44. The third-order valence-corrected chi connectivity index (χ3v) is 16.2. The molecule has 0 radical (unpaired) electrons. The Morgan fingerprint density at radius 3 is 1.24 bits per heavy atom. The third-order valence-electron chi connectivity index (χ3n) is 16.2. The van der Waals surface area contributed by atoms with Crippen molar-refractivity contribution in [2.45, 2.75) is 211 Å². The fourth-order valence-electron chi connectivity index (χ4n) is 11.7. The van der Waals surface area contributed by atoms with E-state index in [0.29, 0.717) is 24.3 Å². The van der Waals surface area contributed by atoms with E-state index in [4.69, 9.17) is 40.1 Å². The van der Waals surface area contributed by atoms with Crippen LogP contribution in [0, 0.1) is 24.7 Å². The van der Waals surface area contributed by atoms with Crippen LogP contribution >= 0.6 is 0 Å². The Morgan fingerprint density at radius 1 is 0.518 bits per heavy atom. The zero-order valence-corrected chi connectivity index (χ0v) is 48.8. The monoisotopic (exact) mass is 1160 g/mol. The number of pyridine rings is 2. The molecule has 7 amide bonds. The molecule has 0 spiro atoms. The Morgan fingerprint density at radius 2 is 0.867 bits per heavy atom. The number of carbonyl (C=O) groups excluding carboxylic acids is 7. The maximum Gasteiger partial charge on any atom is 0.257 e. The fraction of sp³-hybridized carbons (Fsp3) is 0.684. The van der Waals surface area contributed by atoms with Gasteiger partial charge in [0.15, 0.2) is 17.9 Å². The quantitative estimate of drug-likeness (QED) is 0.0274. The molecule has 3 aliphatic carbocycles. The Labute approximate surface area is 486 Å². The van der Waals surface area contributed by atoms with Crippen LogP contribution in [0.1, 0.15) is 177 Å². The summed E-state index contributed by atoms with van der Waals surface area (Å²) in [4.78, 5) is 131. The van der Waals surface area contributed by atoms with Crippen molar-refractivity contribution in [3.05, 3.63) is 39.8 Å². The molecule has 20 N–H and O–H groups in total. The predicted molar refractivity (Wildman–Crippen MR) is 320 cm³/mol. The summed E-state index contributed by atoms with van der Waals surface area (Å²) in [6.07, 6.45) is 16.8. The largest absolute Gasteiger partial charge is 0.370 e. The van der Waals surface area contributed by atoms with Crippen LogP contribution in [0.5, 0.6) is 0 Å². The summed E-state index contributed by atoms with van der Waals surface area (Å²) in [5.41, 5.74) is 39.8. The van der Waals surface area contributed by atoms with Gasteiger partial charge in [-0.2, -0.15) is 0 Å². The van der Waals surface area contributed by atoms with E-state index in [2.05, 4.69) is 51.9 Å². The van der Waals surface area contributed by atoms with Gasteiger partial charge in [0.05, 0.1) is 5.39 Å². The van der Waals surface area contributed by atoms with Crippen LogP contribution in [0.4, 0.5) is 0 Å². The lowest BCUT2D eigenvalue weighted by atomic mass is 9.84. The average Bonchev–Trinajstić information content (AvgIpc) is 3.48. The molecule has 3 aliphatic rings. The molecule has 5 rings (SSSR count). The molecule has 26 heteroatoms. The molecule has 460 valence electrons. The second kappa shape index (κ2) is 34.2. The zero-order chi connectivity index (χ0) is 60.4. The fourth-order valence-corrected chi connectivity index (χ4v) is 11.7. The van der Waals surface area contributed by atoms with Gasteiger partial charge < -0.3 is 76.6 Å². The zero-order valence-electron chi connectivity index (χ0n) is 48.8. The lowest BCUT2D eigenvalue weighted by Crippen LogP contribution is -2.60. The molecule has 0 saturated heterocycles. The van der Waals surface area contributed by atoms with E-state index in [-0.39, 0.29) is 118 Å². The minimum atomic E-state index is -1.29. The second-order valence-electron chi connectivity index (χ2n) is 22.8. The number of rotatable bonds is 32. The normalized spacial score (nSPS) is 17.2. The highest BCUT2D eigenvalue weighted by Crippen LogP contribution is 2.30. The van der Waals surface area contributed by atoms with Crippen LogP contribution < -0.4 is 77.5 Å². The molecule has 6 atom stereocenters. The summed E-state index contributed by atoms with van der Waals surface area (Å²) in [5, 5.41) is 17.4. The number of nitrogens with one attached hydrogen (secondary N) is 6. The molecule has 0 bridgehead atoms. The SMILES string of the molecule is CCn1cc(C(=O)N[C@H](CCCN=C(N)N)C(=O)N[C@@H](CC2CCCCC2)C(=O)N[C@H](CCCN=C(N)N)C(=O)N[C@@H](CC2CCCCC2)C(=O)N[C@H](CCCN=C(N)N)C(=O)N[C@@H](CC2CCCCC2)C(N)=O)c(=O)c2ccc(C)nc21. The number of nitrogens with two attached hydrogens (primary N) is 7. The summed E-state index contributed by atoms with van der Waals surface area (Å²) >= 11 is 0. The van der Waals surface area contributed by atoms with E-state index < -0.39 is 83.0 Å². The molecule has 2 aromatic heterocycles. The number of hydrogen-bond donors (Lipinski definition) is 13. The van der Waals surface area contributed by atoms with Gasteiger partial charge in [0, 0.05) is 38.1 Å². The van der Waals surface area contributed by atoms with Crippen molar-refractivity contribution < 1.29 is 33.6 Å². The van der Waals surface area contributed by atoms with Crippen LogP contribution in [0.2, 0.25) is 0 Å². The number of guanidine groups is 3. The van der Waals surface area contributed by atoms with Gasteiger partial charge in [-0.3, -0.25) is 53.3 Å². The van der Waals surface area contributed by atoms with Crippen molar-refractivity contribution >= 4 is 70.3 Å². The molecular weight excluding hydrogens is 1060 g/mol. The Kier molecular flexibility index (Phi) is 27.3. The van der Waals surface area contributed by atoms with E-state index in [1.54, 1.807) is 23.6 Å². The highest BCUT2D eigenvalue weighted by Gasteiger charge is 2.36. The lowest BCUT2D eigenvalue weighted by Gasteiger charge is -2.31. The molecule has 0 unspecified atom stereocenters. The summed E-state index contributed by atoms with van der Waals surface area (Å²) in [5.74, 6) is -5.14. The maximum absolute atomic E-state index is 14.9. The van der Waals surface area contributed by atoms with E-state index in [9.17, 15) is 38.4 Å². The molecule has 2 aromatic rings. The molecule has 0 aliphatic heterocycles. The first kappa shape index (κ1) is 66.3. The van der Waals surface area contributed by atoms with Gasteiger partial charge in [-0.1, -0.05) is 96.3 Å². The summed E-state index contributed by atoms with van der Waals surface area (Å²) in [6, 6.07) is -3.85. The van der Waals surface area contributed by atoms with Crippen molar-refractivity contribution in [1.29, 1.82) is 0 Å². The van der Waals surface area contributed by atoms with Gasteiger partial charge in [0.1, 0.15) is 47.5 Å². The van der Waals surface area contributed by atoms with E-state index >= 15 is 0 Å². The summed E-state index contributed by atoms with van der Waals surface area (Å²) < 4.78 is 1.68. The van der Waals surface area contributed by atoms with Gasteiger partial charge in [0.2, 0.25) is 40.9 Å². The molecule has 2 heterocycles. The van der Waals surface area contributed by atoms with Crippen LogP contribution in [0.3, 0.4) is 0 Å². The number of amides is 7. The lowest BCUT2D eigenvalue weighted by molar-refractivity contribution is -0.135. The number of aryl methyl sites for hydroxylation is 2.